The highest BCUT2D eigenvalue weighted by molar-refractivity contribution is 5.46. The van der Waals surface area contributed by atoms with E-state index in [1.807, 2.05) is 12.1 Å². The van der Waals surface area contributed by atoms with Crippen LogP contribution in [0, 0.1) is 0 Å². The molecule has 0 saturated carbocycles. The van der Waals surface area contributed by atoms with Gasteiger partial charge >= 0.3 is 0 Å². The minimum atomic E-state index is 0.190. The summed E-state index contributed by atoms with van der Waals surface area (Å²) in [5.41, 5.74) is 2.49. The molecule has 0 saturated heterocycles. The van der Waals surface area contributed by atoms with Gasteiger partial charge in [0.25, 0.3) is 0 Å². The summed E-state index contributed by atoms with van der Waals surface area (Å²) in [6, 6.07) is 12.7. The van der Waals surface area contributed by atoms with Crippen LogP contribution in [0.5, 0.6) is 0 Å². The molecule has 0 amide bonds. The van der Waals surface area contributed by atoms with Gasteiger partial charge in [-0.15, -0.1) is 0 Å². The Hall–Kier alpha value is -1.70. The average Bonchev–Trinajstić information content (AvgIpc) is 2.83. The van der Waals surface area contributed by atoms with Crippen LogP contribution in [0.1, 0.15) is 44.1 Å². The molecular formula is C15H19NO. The largest absolute Gasteiger partial charge is 0.467 e. The fourth-order valence-corrected chi connectivity index (χ4v) is 1.82. The van der Waals surface area contributed by atoms with E-state index in [0.29, 0.717) is 5.92 Å². The highest BCUT2D eigenvalue weighted by atomic mass is 16.3. The Balaban J connectivity index is 2.04. The normalized spacial score (nSPS) is 12.7. The molecular weight excluding hydrogens is 210 g/mol. The second-order valence-corrected chi connectivity index (χ2v) is 4.66. The van der Waals surface area contributed by atoms with Gasteiger partial charge in [-0.3, -0.25) is 0 Å². The van der Waals surface area contributed by atoms with Crippen LogP contribution < -0.4 is 5.32 Å². The van der Waals surface area contributed by atoms with Crippen LogP contribution in [0.2, 0.25) is 0 Å². The second kappa shape index (κ2) is 5.09. The van der Waals surface area contributed by atoms with Gasteiger partial charge in [0.1, 0.15) is 5.76 Å². The first-order chi connectivity index (χ1) is 8.16. The smallest absolute Gasteiger partial charge is 0.125 e. The minimum absolute atomic E-state index is 0.190. The Labute approximate surface area is 103 Å². The van der Waals surface area contributed by atoms with E-state index in [4.69, 9.17) is 4.42 Å². The summed E-state index contributed by atoms with van der Waals surface area (Å²) in [7, 11) is 0. The number of anilines is 1. The van der Waals surface area contributed by atoms with E-state index in [1.54, 1.807) is 6.26 Å². The van der Waals surface area contributed by atoms with Crippen molar-refractivity contribution in [1.82, 2.24) is 0 Å². The molecule has 0 aliphatic rings. The lowest BCUT2D eigenvalue weighted by Crippen LogP contribution is -2.05. The molecule has 1 N–H and O–H groups in total. The van der Waals surface area contributed by atoms with Gasteiger partial charge < -0.3 is 9.73 Å². The maximum atomic E-state index is 5.37. The van der Waals surface area contributed by atoms with Crippen molar-refractivity contribution in [3.63, 3.8) is 0 Å². The molecule has 1 atom stereocenters. The van der Waals surface area contributed by atoms with Gasteiger partial charge in [-0.2, -0.15) is 0 Å². The van der Waals surface area contributed by atoms with Crippen molar-refractivity contribution in [2.75, 3.05) is 5.32 Å². The van der Waals surface area contributed by atoms with E-state index >= 15 is 0 Å². The van der Waals surface area contributed by atoms with Crippen molar-refractivity contribution in [3.8, 4) is 0 Å². The molecule has 0 spiro atoms. The average molecular weight is 229 g/mol. The van der Waals surface area contributed by atoms with Gasteiger partial charge in [-0.25, -0.2) is 0 Å². The highest BCUT2D eigenvalue weighted by Crippen LogP contribution is 2.21. The lowest BCUT2D eigenvalue weighted by atomic mass is 10.0. The van der Waals surface area contributed by atoms with E-state index in [2.05, 4.69) is 50.4 Å². The number of rotatable bonds is 4. The summed E-state index contributed by atoms with van der Waals surface area (Å²) in [6.45, 7) is 6.50. The number of nitrogens with one attached hydrogen (secondary N) is 1. The molecule has 90 valence electrons. The third-order valence-electron chi connectivity index (χ3n) is 2.93. The lowest BCUT2D eigenvalue weighted by molar-refractivity contribution is 0.490. The zero-order chi connectivity index (χ0) is 12.3. The summed E-state index contributed by atoms with van der Waals surface area (Å²) in [4.78, 5) is 0. The van der Waals surface area contributed by atoms with Crippen molar-refractivity contribution < 1.29 is 4.42 Å². The SMILES string of the molecule is CC(C)c1ccc(NC(C)c2ccco2)cc1. The predicted molar refractivity (Wildman–Crippen MR) is 71.3 cm³/mol. The molecule has 0 bridgehead atoms. The van der Waals surface area contributed by atoms with Crippen molar-refractivity contribution >= 4 is 5.69 Å². The number of benzene rings is 1. The molecule has 1 aromatic heterocycles. The number of furan rings is 1. The van der Waals surface area contributed by atoms with Gasteiger partial charge in [-0.1, -0.05) is 26.0 Å². The maximum Gasteiger partial charge on any atom is 0.125 e. The molecule has 2 rings (SSSR count). The molecule has 1 aromatic carbocycles. The zero-order valence-electron chi connectivity index (χ0n) is 10.6. The number of hydrogen-bond donors (Lipinski definition) is 1. The lowest BCUT2D eigenvalue weighted by Gasteiger charge is -2.14. The molecule has 2 nitrogen and oxygen atoms in total. The monoisotopic (exact) mass is 229 g/mol. The van der Waals surface area contributed by atoms with E-state index in [1.165, 1.54) is 5.56 Å². The van der Waals surface area contributed by atoms with Gasteiger partial charge in [0.15, 0.2) is 0 Å². The van der Waals surface area contributed by atoms with Crippen LogP contribution in [0.4, 0.5) is 5.69 Å². The third kappa shape index (κ3) is 2.90. The van der Waals surface area contributed by atoms with Gasteiger partial charge in [0, 0.05) is 5.69 Å². The number of hydrogen-bond acceptors (Lipinski definition) is 2. The first-order valence-electron chi connectivity index (χ1n) is 6.06. The molecule has 0 fully saturated rings. The zero-order valence-corrected chi connectivity index (χ0v) is 10.6. The molecule has 0 radical (unpaired) electrons. The predicted octanol–water partition coefficient (Wildman–Crippen LogP) is 4.58. The molecule has 0 aliphatic heterocycles. The van der Waals surface area contributed by atoms with Gasteiger partial charge in [0.05, 0.1) is 12.3 Å². The summed E-state index contributed by atoms with van der Waals surface area (Å²) in [5.74, 6) is 1.53. The fourth-order valence-electron chi connectivity index (χ4n) is 1.82. The topological polar surface area (TPSA) is 25.2 Å². The summed E-state index contributed by atoms with van der Waals surface area (Å²) in [6.07, 6.45) is 1.70. The van der Waals surface area contributed by atoms with E-state index < -0.39 is 0 Å². The minimum Gasteiger partial charge on any atom is -0.467 e. The van der Waals surface area contributed by atoms with Crippen LogP contribution in [-0.4, -0.2) is 0 Å². The van der Waals surface area contributed by atoms with E-state index in [0.717, 1.165) is 11.4 Å². The van der Waals surface area contributed by atoms with Crippen LogP contribution in [0.15, 0.2) is 47.1 Å². The summed E-state index contributed by atoms with van der Waals surface area (Å²) < 4.78 is 5.37. The van der Waals surface area contributed by atoms with Crippen LogP contribution in [0.3, 0.4) is 0 Å². The van der Waals surface area contributed by atoms with Crippen molar-refractivity contribution in [3.05, 3.63) is 54.0 Å². The van der Waals surface area contributed by atoms with Gasteiger partial charge in [-0.05, 0) is 42.7 Å². The van der Waals surface area contributed by atoms with E-state index in [9.17, 15) is 0 Å². The first-order valence-corrected chi connectivity index (χ1v) is 6.06. The third-order valence-corrected chi connectivity index (χ3v) is 2.93. The van der Waals surface area contributed by atoms with Crippen LogP contribution in [0.25, 0.3) is 0 Å². The van der Waals surface area contributed by atoms with Crippen molar-refractivity contribution in [1.29, 1.82) is 0 Å². The Bertz CT molecular complexity index is 442. The quantitative estimate of drug-likeness (QED) is 0.830. The highest BCUT2D eigenvalue weighted by Gasteiger charge is 2.07. The summed E-state index contributed by atoms with van der Waals surface area (Å²) in [5, 5.41) is 3.42. The maximum absolute atomic E-state index is 5.37. The van der Waals surface area contributed by atoms with E-state index in [-0.39, 0.29) is 6.04 Å². The molecule has 1 unspecified atom stereocenters. The standard InChI is InChI=1S/C15H19NO/c1-11(2)13-6-8-14(9-7-13)16-12(3)15-5-4-10-17-15/h4-12,16H,1-3H3. The first kappa shape index (κ1) is 11.8. The second-order valence-electron chi connectivity index (χ2n) is 4.66. The summed E-state index contributed by atoms with van der Waals surface area (Å²) >= 11 is 0. The Morgan fingerprint density at radius 3 is 2.24 bits per heavy atom. The Morgan fingerprint density at radius 2 is 1.71 bits per heavy atom. The van der Waals surface area contributed by atoms with Crippen LogP contribution in [-0.2, 0) is 0 Å². The molecule has 2 aromatic rings. The molecule has 2 heteroatoms. The van der Waals surface area contributed by atoms with Gasteiger partial charge in [0.2, 0.25) is 0 Å². The van der Waals surface area contributed by atoms with Crippen molar-refractivity contribution in [2.45, 2.75) is 32.7 Å². The molecule has 17 heavy (non-hydrogen) atoms. The Morgan fingerprint density at radius 1 is 1.00 bits per heavy atom. The molecule has 1 heterocycles. The van der Waals surface area contributed by atoms with Crippen molar-refractivity contribution in [2.24, 2.45) is 0 Å². The Kier molecular flexibility index (Phi) is 3.52. The molecule has 0 aliphatic carbocycles. The fraction of sp³-hybridized carbons (Fsp3) is 0.333. The van der Waals surface area contributed by atoms with Crippen LogP contribution >= 0.6 is 0 Å².